The zero-order chi connectivity index (χ0) is 15.5. The van der Waals surface area contributed by atoms with Gasteiger partial charge in [-0.2, -0.15) is 0 Å². The number of amides is 1. The number of nitrogens with one attached hydrogen (secondary N) is 1. The molecule has 1 atom stereocenters. The molecule has 1 rings (SSSR count). The van der Waals surface area contributed by atoms with Crippen LogP contribution in [0.5, 0.6) is 0 Å². The van der Waals surface area contributed by atoms with E-state index < -0.39 is 48.8 Å². The third-order valence-electron chi connectivity index (χ3n) is 2.23. The SMILES string of the molecule is CS(=O)CCNC(=O)c1cc(F)cc(S(N)(=O)=O)c1F. The Hall–Kier alpha value is -1.39. The highest BCUT2D eigenvalue weighted by Crippen LogP contribution is 2.19. The van der Waals surface area contributed by atoms with Gasteiger partial charge in [0.15, 0.2) is 5.82 Å². The molecule has 0 bridgehead atoms. The average molecular weight is 326 g/mol. The van der Waals surface area contributed by atoms with Crippen LogP contribution in [-0.4, -0.2) is 37.1 Å². The second kappa shape index (κ2) is 6.37. The van der Waals surface area contributed by atoms with Crippen molar-refractivity contribution < 1.29 is 26.2 Å². The van der Waals surface area contributed by atoms with Crippen LogP contribution in [0.25, 0.3) is 0 Å². The van der Waals surface area contributed by atoms with Crippen molar-refractivity contribution in [3.8, 4) is 0 Å². The van der Waals surface area contributed by atoms with E-state index >= 15 is 0 Å². The minimum Gasteiger partial charge on any atom is -0.351 e. The van der Waals surface area contributed by atoms with Crippen LogP contribution in [0.2, 0.25) is 0 Å². The predicted octanol–water partition coefficient (Wildman–Crippen LogP) is -0.279. The van der Waals surface area contributed by atoms with Gasteiger partial charge >= 0.3 is 0 Å². The first kappa shape index (κ1) is 16.7. The molecular formula is C10H12F2N2O4S2. The first-order chi connectivity index (χ1) is 9.12. The Morgan fingerprint density at radius 2 is 2.00 bits per heavy atom. The molecule has 1 aromatic rings. The monoisotopic (exact) mass is 326 g/mol. The van der Waals surface area contributed by atoms with Crippen molar-refractivity contribution in [3.63, 3.8) is 0 Å². The summed E-state index contributed by atoms with van der Waals surface area (Å²) >= 11 is 0. The highest BCUT2D eigenvalue weighted by atomic mass is 32.2. The Bertz CT molecular complexity index is 661. The standard InChI is InChI=1S/C10H12F2N2O4S2/c1-19(16)3-2-14-10(15)7-4-6(11)5-8(9(7)12)20(13,17)18/h4-5H,2-3H2,1H3,(H,14,15)(H2,13,17,18). The summed E-state index contributed by atoms with van der Waals surface area (Å²) in [4.78, 5) is 10.5. The van der Waals surface area contributed by atoms with E-state index in [1.807, 2.05) is 0 Å². The number of rotatable bonds is 5. The number of carbonyl (C=O) groups excluding carboxylic acids is 1. The van der Waals surface area contributed by atoms with Gasteiger partial charge in [0.1, 0.15) is 10.7 Å². The summed E-state index contributed by atoms with van der Waals surface area (Å²) in [5.74, 6) is -3.42. The minimum absolute atomic E-state index is 0.0252. The molecule has 6 nitrogen and oxygen atoms in total. The van der Waals surface area contributed by atoms with Crippen LogP contribution >= 0.6 is 0 Å². The lowest BCUT2D eigenvalue weighted by Crippen LogP contribution is -2.29. The Morgan fingerprint density at radius 3 is 2.50 bits per heavy atom. The Kier molecular flexibility index (Phi) is 5.31. The molecule has 0 fully saturated rings. The molecule has 0 spiro atoms. The third kappa shape index (κ3) is 4.32. The van der Waals surface area contributed by atoms with Gasteiger partial charge in [-0.3, -0.25) is 9.00 Å². The number of halogens is 2. The molecule has 0 radical (unpaired) electrons. The maximum Gasteiger partial charge on any atom is 0.254 e. The van der Waals surface area contributed by atoms with E-state index in [4.69, 9.17) is 5.14 Å². The highest BCUT2D eigenvalue weighted by molar-refractivity contribution is 7.89. The summed E-state index contributed by atoms with van der Waals surface area (Å²) in [5.41, 5.74) is -0.782. The number of sulfonamides is 1. The van der Waals surface area contributed by atoms with Crippen LogP contribution in [0.4, 0.5) is 8.78 Å². The number of hydrogen-bond donors (Lipinski definition) is 2. The minimum atomic E-state index is -4.49. The second-order valence-electron chi connectivity index (χ2n) is 3.84. The highest BCUT2D eigenvalue weighted by Gasteiger charge is 2.23. The lowest BCUT2D eigenvalue weighted by atomic mass is 10.2. The molecule has 0 aliphatic carbocycles. The van der Waals surface area contributed by atoms with E-state index in [2.05, 4.69) is 5.32 Å². The first-order valence-electron chi connectivity index (χ1n) is 5.23. The zero-order valence-corrected chi connectivity index (χ0v) is 12.0. The summed E-state index contributed by atoms with van der Waals surface area (Å²) in [6.45, 7) is -0.0252. The summed E-state index contributed by atoms with van der Waals surface area (Å²) in [7, 11) is -5.65. The van der Waals surface area contributed by atoms with Crippen LogP contribution < -0.4 is 10.5 Å². The quantitative estimate of drug-likeness (QED) is 0.776. The van der Waals surface area contributed by atoms with Gasteiger partial charge in [-0.15, -0.1) is 0 Å². The molecule has 3 N–H and O–H groups in total. The van der Waals surface area contributed by atoms with Crippen molar-refractivity contribution in [1.82, 2.24) is 5.32 Å². The normalized spacial score (nSPS) is 13.0. The van der Waals surface area contributed by atoms with E-state index in [1.54, 1.807) is 0 Å². The van der Waals surface area contributed by atoms with Crippen molar-refractivity contribution in [1.29, 1.82) is 0 Å². The molecule has 0 aromatic heterocycles. The molecule has 0 aliphatic heterocycles. The number of benzene rings is 1. The maximum atomic E-state index is 13.8. The first-order valence-corrected chi connectivity index (χ1v) is 8.50. The van der Waals surface area contributed by atoms with Gasteiger partial charge in [0.2, 0.25) is 10.0 Å². The fourth-order valence-corrected chi connectivity index (χ4v) is 2.37. The van der Waals surface area contributed by atoms with Crippen LogP contribution in [0.1, 0.15) is 10.4 Å². The largest absolute Gasteiger partial charge is 0.351 e. The van der Waals surface area contributed by atoms with Gasteiger partial charge < -0.3 is 5.32 Å². The smallest absolute Gasteiger partial charge is 0.254 e. The van der Waals surface area contributed by atoms with Gasteiger partial charge in [0, 0.05) is 29.4 Å². The molecule has 0 heterocycles. The van der Waals surface area contributed by atoms with E-state index in [9.17, 15) is 26.2 Å². The summed E-state index contributed by atoms with van der Waals surface area (Å²) in [6, 6.07) is 0.949. The van der Waals surface area contributed by atoms with Crippen molar-refractivity contribution in [3.05, 3.63) is 29.3 Å². The van der Waals surface area contributed by atoms with Crippen LogP contribution in [0.15, 0.2) is 17.0 Å². The number of hydrogen-bond acceptors (Lipinski definition) is 4. The van der Waals surface area contributed by atoms with Gasteiger partial charge in [-0.1, -0.05) is 0 Å². The molecule has 0 saturated heterocycles. The Labute approximate surface area is 116 Å². The average Bonchev–Trinajstić information content (AvgIpc) is 2.29. The zero-order valence-electron chi connectivity index (χ0n) is 10.4. The van der Waals surface area contributed by atoms with Gasteiger partial charge in [0.25, 0.3) is 5.91 Å². The van der Waals surface area contributed by atoms with Gasteiger partial charge in [-0.25, -0.2) is 22.3 Å². The molecule has 1 aromatic carbocycles. The number of nitrogens with two attached hydrogens (primary N) is 1. The van der Waals surface area contributed by atoms with Crippen LogP contribution in [-0.2, 0) is 20.8 Å². The lowest BCUT2D eigenvalue weighted by Gasteiger charge is -2.08. The molecule has 0 aliphatic rings. The van der Waals surface area contributed by atoms with Crippen LogP contribution in [0.3, 0.4) is 0 Å². The van der Waals surface area contributed by atoms with Crippen molar-refractivity contribution in [2.75, 3.05) is 18.6 Å². The Balaban J connectivity index is 3.10. The molecule has 1 amide bonds. The van der Waals surface area contributed by atoms with Gasteiger partial charge in [0.05, 0.1) is 5.56 Å². The third-order valence-corrected chi connectivity index (χ3v) is 3.92. The van der Waals surface area contributed by atoms with E-state index in [-0.39, 0.29) is 12.3 Å². The molecule has 112 valence electrons. The predicted molar refractivity (Wildman–Crippen MR) is 69.0 cm³/mol. The van der Waals surface area contributed by atoms with E-state index in [1.165, 1.54) is 6.26 Å². The van der Waals surface area contributed by atoms with Crippen molar-refractivity contribution >= 4 is 26.7 Å². The van der Waals surface area contributed by atoms with Crippen molar-refractivity contribution in [2.24, 2.45) is 5.14 Å². The lowest BCUT2D eigenvalue weighted by molar-refractivity contribution is 0.0951. The van der Waals surface area contributed by atoms with Crippen molar-refractivity contribution in [2.45, 2.75) is 4.90 Å². The summed E-state index contributed by atoms with van der Waals surface area (Å²) in [5, 5.41) is 6.93. The Morgan fingerprint density at radius 1 is 1.40 bits per heavy atom. The topological polar surface area (TPSA) is 106 Å². The maximum absolute atomic E-state index is 13.8. The summed E-state index contributed by atoms with van der Waals surface area (Å²) < 4.78 is 60.0. The molecule has 10 heteroatoms. The van der Waals surface area contributed by atoms with Crippen LogP contribution in [0, 0.1) is 11.6 Å². The summed E-state index contributed by atoms with van der Waals surface area (Å²) in [6.07, 6.45) is 1.41. The molecular weight excluding hydrogens is 314 g/mol. The number of primary sulfonamides is 1. The van der Waals surface area contributed by atoms with Gasteiger partial charge in [-0.05, 0) is 12.1 Å². The second-order valence-corrected chi connectivity index (χ2v) is 6.93. The fourth-order valence-electron chi connectivity index (χ4n) is 1.34. The molecule has 1 unspecified atom stereocenters. The van der Waals surface area contributed by atoms with E-state index in [0.29, 0.717) is 12.1 Å². The molecule has 0 saturated carbocycles. The number of carbonyl (C=O) groups is 1. The van der Waals surface area contributed by atoms with E-state index in [0.717, 1.165) is 0 Å². The fraction of sp³-hybridized carbons (Fsp3) is 0.300. The molecule has 20 heavy (non-hydrogen) atoms.